The van der Waals surface area contributed by atoms with Crippen molar-refractivity contribution in [1.29, 1.82) is 0 Å². The van der Waals surface area contributed by atoms with Gasteiger partial charge in [0.25, 0.3) is 0 Å². The first-order valence-electron chi connectivity index (χ1n) is 9.69. The van der Waals surface area contributed by atoms with Gasteiger partial charge in [0, 0.05) is 49.9 Å². The monoisotopic (exact) mass is 413 g/mol. The zero-order valence-corrected chi connectivity index (χ0v) is 17.1. The molecule has 0 radical (unpaired) electrons. The number of nitrogens with one attached hydrogen (secondary N) is 1. The molecule has 0 atom stereocenters. The minimum Gasteiger partial charge on any atom is -0.369 e. The molecule has 3 rings (SSSR count). The van der Waals surface area contributed by atoms with E-state index in [-0.39, 0.29) is 18.2 Å². The molecule has 1 amide bonds. The quantitative estimate of drug-likeness (QED) is 0.745. The van der Waals surface area contributed by atoms with Gasteiger partial charge in [-0.15, -0.1) is 0 Å². The van der Waals surface area contributed by atoms with Crippen LogP contribution in [-0.2, 0) is 14.8 Å². The number of hydrogen-bond acceptors (Lipinski definition) is 4. The van der Waals surface area contributed by atoms with Gasteiger partial charge in [0.1, 0.15) is 0 Å². The highest BCUT2D eigenvalue weighted by atomic mass is 35.5. The zero-order valence-electron chi connectivity index (χ0n) is 15.6. The Labute approximate surface area is 166 Å². The number of carbonyl (C=O) groups is 1. The van der Waals surface area contributed by atoms with Crippen LogP contribution in [-0.4, -0.2) is 57.1 Å². The summed E-state index contributed by atoms with van der Waals surface area (Å²) >= 11 is 5.92. The molecule has 1 saturated heterocycles. The fourth-order valence-corrected chi connectivity index (χ4v) is 5.34. The van der Waals surface area contributed by atoms with Crippen molar-refractivity contribution < 1.29 is 13.2 Å². The summed E-state index contributed by atoms with van der Waals surface area (Å²) in [5.74, 6) is 0.414. The summed E-state index contributed by atoms with van der Waals surface area (Å²) in [6, 6.07) is 7.58. The van der Waals surface area contributed by atoms with Gasteiger partial charge < -0.3 is 10.2 Å². The maximum absolute atomic E-state index is 12.5. The van der Waals surface area contributed by atoms with Gasteiger partial charge in [-0.05, 0) is 43.0 Å². The maximum Gasteiger partial charge on any atom is 0.220 e. The summed E-state index contributed by atoms with van der Waals surface area (Å²) < 4.78 is 26.6. The normalized spacial score (nSPS) is 19.4. The van der Waals surface area contributed by atoms with Gasteiger partial charge in [-0.25, -0.2) is 8.42 Å². The van der Waals surface area contributed by atoms with E-state index in [1.54, 1.807) is 0 Å². The van der Waals surface area contributed by atoms with E-state index in [1.165, 1.54) is 17.1 Å². The first-order valence-corrected chi connectivity index (χ1v) is 11.7. The number of sulfonamides is 1. The van der Waals surface area contributed by atoms with Crippen LogP contribution < -0.4 is 10.2 Å². The first kappa shape index (κ1) is 20.4. The Morgan fingerprint density at radius 2 is 1.70 bits per heavy atom. The van der Waals surface area contributed by atoms with Gasteiger partial charge in [-0.3, -0.25) is 4.79 Å². The molecule has 0 spiro atoms. The van der Waals surface area contributed by atoms with Crippen molar-refractivity contribution in [3.8, 4) is 0 Å². The third-order valence-electron chi connectivity index (χ3n) is 5.45. The second-order valence-electron chi connectivity index (χ2n) is 7.38. The van der Waals surface area contributed by atoms with Crippen LogP contribution in [0.15, 0.2) is 24.3 Å². The predicted molar refractivity (Wildman–Crippen MR) is 109 cm³/mol. The second-order valence-corrected chi connectivity index (χ2v) is 9.91. The Morgan fingerprint density at radius 1 is 1.07 bits per heavy atom. The molecule has 1 aliphatic heterocycles. The van der Waals surface area contributed by atoms with Crippen LogP contribution in [0, 0.1) is 5.92 Å². The van der Waals surface area contributed by atoms with Crippen molar-refractivity contribution in [2.24, 2.45) is 5.92 Å². The summed E-state index contributed by atoms with van der Waals surface area (Å²) in [6.45, 7) is 2.40. The lowest BCUT2D eigenvalue weighted by molar-refractivity contribution is -0.121. The van der Waals surface area contributed by atoms with Crippen LogP contribution in [0.4, 0.5) is 5.69 Å². The Balaban J connectivity index is 1.41. The molecule has 2 aliphatic rings. The van der Waals surface area contributed by atoms with E-state index >= 15 is 0 Å². The van der Waals surface area contributed by atoms with Crippen LogP contribution >= 0.6 is 11.6 Å². The molecule has 1 aromatic carbocycles. The Hall–Kier alpha value is -1.31. The SMILES string of the molecule is O=C(CC1CCCC1)NCCS(=O)(=O)N1CCN(c2ccc(Cl)cc2)CC1. The molecule has 1 N–H and O–H groups in total. The van der Waals surface area contributed by atoms with Gasteiger partial charge in [-0.1, -0.05) is 24.4 Å². The summed E-state index contributed by atoms with van der Waals surface area (Å²) in [4.78, 5) is 14.1. The van der Waals surface area contributed by atoms with Gasteiger partial charge in [0.2, 0.25) is 15.9 Å². The minimum atomic E-state index is -3.35. The number of carbonyl (C=O) groups excluding carboxylic acids is 1. The summed E-state index contributed by atoms with van der Waals surface area (Å²) in [5, 5.41) is 3.47. The molecule has 1 saturated carbocycles. The molecule has 6 nitrogen and oxygen atoms in total. The lowest BCUT2D eigenvalue weighted by Crippen LogP contribution is -2.50. The van der Waals surface area contributed by atoms with E-state index in [2.05, 4.69) is 10.2 Å². The highest BCUT2D eigenvalue weighted by Crippen LogP contribution is 2.27. The minimum absolute atomic E-state index is 0.0235. The number of rotatable bonds is 7. The van der Waals surface area contributed by atoms with Gasteiger partial charge >= 0.3 is 0 Å². The van der Waals surface area contributed by atoms with E-state index in [0.717, 1.165) is 18.5 Å². The molecule has 2 fully saturated rings. The first-order chi connectivity index (χ1) is 12.9. The van der Waals surface area contributed by atoms with Crippen molar-refractivity contribution in [1.82, 2.24) is 9.62 Å². The van der Waals surface area contributed by atoms with E-state index in [1.807, 2.05) is 24.3 Å². The number of halogens is 1. The second kappa shape index (κ2) is 9.26. The standard InChI is InChI=1S/C19H28ClN3O3S/c20-17-5-7-18(8-6-17)22-10-12-23(13-11-22)27(25,26)14-9-21-19(24)15-16-3-1-2-4-16/h5-8,16H,1-4,9-15H2,(H,21,24). The van der Waals surface area contributed by atoms with E-state index in [0.29, 0.717) is 43.5 Å². The molecule has 1 heterocycles. The van der Waals surface area contributed by atoms with E-state index in [4.69, 9.17) is 11.6 Å². The van der Waals surface area contributed by atoms with Crippen LogP contribution in [0.2, 0.25) is 5.02 Å². The fourth-order valence-electron chi connectivity index (χ4n) is 3.87. The number of anilines is 1. The number of piperazine rings is 1. The highest BCUT2D eigenvalue weighted by Gasteiger charge is 2.27. The number of nitrogens with zero attached hydrogens (tertiary/aromatic N) is 2. The lowest BCUT2D eigenvalue weighted by Gasteiger charge is -2.35. The molecule has 150 valence electrons. The predicted octanol–water partition coefficient (Wildman–Crippen LogP) is 2.49. The third kappa shape index (κ3) is 5.83. The molecule has 0 unspecified atom stereocenters. The molecule has 27 heavy (non-hydrogen) atoms. The Bertz CT molecular complexity index is 725. The molecule has 0 bridgehead atoms. The molecular formula is C19H28ClN3O3S. The maximum atomic E-state index is 12.5. The zero-order chi connectivity index (χ0) is 19.3. The smallest absolute Gasteiger partial charge is 0.220 e. The Morgan fingerprint density at radius 3 is 2.33 bits per heavy atom. The topological polar surface area (TPSA) is 69.7 Å². The molecule has 0 aromatic heterocycles. The molecule has 1 aliphatic carbocycles. The Kier molecular flexibility index (Phi) is 7.00. The largest absolute Gasteiger partial charge is 0.369 e. The number of benzene rings is 1. The van der Waals surface area contributed by atoms with Crippen molar-refractivity contribution in [3.63, 3.8) is 0 Å². The number of hydrogen-bond donors (Lipinski definition) is 1. The van der Waals surface area contributed by atoms with E-state index in [9.17, 15) is 13.2 Å². The van der Waals surface area contributed by atoms with Crippen molar-refractivity contribution in [2.75, 3.05) is 43.4 Å². The van der Waals surface area contributed by atoms with Crippen molar-refractivity contribution in [3.05, 3.63) is 29.3 Å². The fraction of sp³-hybridized carbons (Fsp3) is 0.632. The van der Waals surface area contributed by atoms with Crippen LogP contribution in [0.5, 0.6) is 0 Å². The number of amides is 1. The average molecular weight is 414 g/mol. The highest BCUT2D eigenvalue weighted by molar-refractivity contribution is 7.89. The molecular weight excluding hydrogens is 386 g/mol. The molecule has 1 aromatic rings. The summed E-state index contributed by atoms with van der Waals surface area (Å²) in [7, 11) is -3.35. The van der Waals surface area contributed by atoms with Gasteiger partial charge in [-0.2, -0.15) is 4.31 Å². The van der Waals surface area contributed by atoms with Gasteiger partial charge in [0.15, 0.2) is 0 Å². The lowest BCUT2D eigenvalue weighted by atomic mass is 10.0. The van der Waals surface area contributed by atoms with E-state index < -0.39 is 10.0 Å². The van der Waals surface area contributed by atoms with Crippen LogP contribution in [0.1, 0.15) is 32.1 Å². The van der Waals surface area contributed by atoms with Crippen LogP contribution in [0.3, 0.4) is 0 Å². The molecule has 8 heteroatoms. The van der Waals surface area contributed by atoms with Crippen molar-refractivity contribution in [2.45, 2.75) is 32.1 Å². The van der Waals surface area contributed by atoms with Gasteiger partial charge in [0.05, 0.1) is 5.75 Å². The van der Waals surface area contributed by atoms with Crippen molar-refractivity contribution >= 4 is 33.2 Å². The average Bonchev–Trinajstić information content (AvgIpc) is 3.15. The summed E-state index contributed by atoms with van der Waals surface area (Å²) in [6.07, 6.45) is 5.16. The third-order valence-corrected chi connectivity index (χ3v) is 7.58. The van der Waals surface area contributed by atoms with Crippen LogP contribution in [0.25, 0.3) is 0 Å². The summed E-state index contributed by atoms with van der Waals surface area (Å²) in [5.41, 5.74) is 1.05.